The van der Waals surface area contributed by atoms with Crippen LogP contribution in [0.25, 0.3) is 0 Å². The molecule has 118 valence electrons. The monoisotopic (exact) mass is 321 g/mol. The van der Waals surface area contributed by atoms with Gasteiger partial charge in [-0.15, -0.1) is 11.3 Å². The Bertz CT molecular complexity index is 625. The third-order valence-corrected chi connectivity index (χ3v) is 4.32. The number of hydrogen-bond acceptors (Lipinski definition) is 4. The van der Waals surface area contributed by atoms with E-state index in [-0.39, 0.29) is 23.7 Å². The fourth-order valence-corrected chi connectivity index (χ4v) is 2.73. The Balaban J connectivity index is 2.04. The highest BCUT2D eigenvalue weighted by atomic mass is 32.1. The molecule has 6 heteroatoms. The number of aromatic nitrogens is 1. The topological polar surface area (TPSA) is 68.0 Å². The van der Waals surface area contributed by atoms with Crippen molar-refractivity contribution in [1.82, 2.24) is 10.3 Å². The van der Waals surface area contributed by atoms with Crippen molar-refractivity contribution in [2.75, 3.05) is 0 Å². The summed E-state index contributed by atoms with van der Waals surface area (Å²) in [5.74, 6) is -0.205. The fraction of sp³-hybridized carbons (Fsp3) is 0.375. The summed E-state index contributed by atoms with van der Waals surface area (Å²) in [6.07, 6.45) is 0.650. The van der Waals surface area contributed by atoms with Crippen molar-refractivity contribution >= 4 is 17.2 Å². The van der Waals surface area contributed by atoms with Gasteiger partial charge in [0.2, 0.25) is 0 Å². The van der Waals surface area contributed by atoms with Crippen LogP contribution in [0.5, 0.6) is 0 Å². The van der Waals surface area contributed by atoms with Gasteiger partial charge in [0.25, 0.3) is 5.91 Å². The van der Waals surface area contributed by atoms with Crippen LogP contribution in [-0.4, -0.2) is 16.9 Å². The third-order valence-electron chi connectivity index (χ3n) is 3.45. The first-order valence-electron chi connectivity index (χ1n) is 7.19. The maximum absolute atomic E-state index is 13.0. The molecule has 0 saturated heterocycles. The summed E-state index contributed by atoms with van der Waals surface area (Å²) in [6.45, 7) is 4.42. The Labute approximate surface area is 133 Å². The molecule has 1 atom stereocenters. The van der Waals surface area contributed by atoms with Crippen LogP contribution in [0.15, 0.2) is 29.6 Å². The summed E-state index contributed by atoms with van der Waals surface area (Å²) < 4.78 is 13.0. The lowest BCUT2D eigenvalue weighted by atomic mass is 9.96. The van der Waals surface area contributed by atoms with Crippen LogP contribution >= 0.6 is 11.3 Å². The van der Waals surface area contributed by atoms with E-state index in [2.05, 4.69) is 10.3 Å². The van der Waals surface area contributed by atoms with Gasteiger partial charge in [0.15, 0.2) is 0 Å². The summed E-state index contributed by atoms with van der Waals surface area (Å²) in [6, 6.07) is 6.31. The Morgan fingerprint density at radius 3 is 2.59 bits per heavy atom. The Hall–Kier alpha value is -1.79. The van der Waals surface area contributed by atoms with Crippen molar-refractivity contribution < 1.29 is 9.18 Å². The molecule has 0 radical (unpaired) electrons. The van der Waals surface area contributed by atoms with E-state index in [4.69, 9.17) is 5.73 Å². The molecule has 3 N–H and O–H groups in total. The number of nitrogens with two attached hydrogens (primary N) is 1. The van der Waals surface area contributed by atoms with E-state index in [0.717, 1.165) is 10.6 Å². The molecule has 0 aliphatic heterocycles. The van der Waals surface area contributed by atoms with Gasteiger partial charge in [0.1, 0.15) is 16.5 Å². The molecular formula is C16H20FN3OS. The molecule has 1 heterocycles. The van der Waals surface area contributed by atoms with Crippen LogP contribution < -0.4 is 11.1 Å². The maximum Gasteiger partial charge on any atom is 0.270 e. The third kappa shape index (κ3) is 4.35. The Morgan fingerprint density at radius 2 is 2.05 bits per heavy atom. The van der Waals surface area contributed by atoms with Gasteiger partial charge in [0, 0.05) is 18.0 Å². The molecular weight excluding hydrogens is 301 g/mol. The predicted molar refractivity (Wildman–Crippen MR) is 86.2 cm³/mol. The van der Waals surface area contributed by atoms with Crippen LogP contribution in [0.1, 0.15) is 34.9 Å². The van der Waals surface area contributed by atoms with Crippen LogP contribution in [-0.2, 0) is 13.0 Å². The number of benzene rings is 1. The maximum atomic E-state index is 13.0. The molecule has 0 saturated carbocycles. The minimum Gasteiger partial charge on any atom is -0.347 e. The fourth-order valence-electron chi connectivity index (χ4n) is 2.08. The molecule has 0 aliphatic rings. The number of rotatable bonds is 6. The standard InChI is InChI=1S/C16H20FN3OS/c1-10(2)13(7-11-3-5-12(17)6-4-11)20-16(21)14-9-22-15(8-18)19-14/h3-6,9-10,13H,7-8,18H2,1-2H3,(H,20,21). The number of halogens is 1. The molecule has 0 spiro atoms. The van der Waals surface area contributed by atoms with Gasteiger partial charge in [0.05, 0.1) is 0 Å². The summed E-state index contributed by atoms with van der Waals surface area (Å²) in [7, 11) is 0. The molecule has 2 aromatic rings. The van der Waals surface area contributed by atoms with Gasteiger partial charge >= 0.3 is 0 Å². The van der Waals surface area contributed by atoms with Crippen LogP contribution in [0.2, 0.25) is 0 Å². The van der Waals surface area contributed by atoms with Gasteiger partial charge in [-0.3, -0.25) is 4.79 Å². The van der Waals surface area contributed by atoms with E-state index in [9.17, 15) is 9.18 Å². The van der Waals surface area contributed by atoms with E-state index in [1.54, 1.807) is 17.5 Å². The lowest BCUT2D eigenvalue weighted by Crippen LogP contribution is -2.40. The van der Waals surface area contributed by atoms with Gasteiger partial charge in [-0.1, -0.05) is 26.0 Å². The van der Waals surface area contributed by atoms with Crippen LogP contribution in [0.3, 0.4) is 0 Å². The molecule has 2 rings (SSSR count). The van der Waals surface area contributed by atoms with Gasteiger partial charge < -0.3 is 11.1 Å². The number of hydrogen-bond donors (Lipinski definition) is 2. The average Bonchev–Trinajstić information content (AvgIpc) is 2.97. The van der Waals surface area contributed by atoms with E-state index >= 15 is 0 Å². The van der Waals surface area contributed by atoms with Gasteiger partial charge in [-0.05, 0) is 30.0 Å². The normalized spacial score (nSPS) is 12.4. The van der Waals surface area contributed by atoms with Gasteiger partial charge in [-0.25, -0.2) is 9.37 Å². The number of carbonyl (C=O) groups is 1. The average molecular weight is 321 g/mol. The zero-order valence-electron chi connectivity index (χ0n) is 12.7. The van der Waals surface area contributed by atoms with Crippen molar-refractivity contribution in [3.63, 3.8) is 0 Å². The summed E-state index contributed by atoms with van der Waals surface area (Å²) in [5, 5.41) is 5.46. The predicted octanol–water partition coefficient (Wildman–Crippen LogP) is 2.74. The highest BCUT2D eigenvalue weighted by Gasteiger charge is 2.19. The van der Waals surface area contributed by atoms with E-state index in [1.807, 2.05) is 13.8 Å². The molecule has 22 heavy (non-hydrogen) atoms. The minimum absolute atomic E-state index is 0.0408. The summed E-state index contributed by atoms with van der Waals surface area (Å²) >= 11 is 1.38. The van der Waals surface area contributed by atoms with Crippen LogP contribution in [0, 0.1) is 11.7 Å². The number of nitrogens with one attached hydrogen (secondary N) is 1. The van der Waals surface area contributed by atoms with Crippen molar-refractivity contribution in [1.29, 1.82) is 0 Å². The summed E-state index contributed by atoms with van der Waals surface area (Å²) in [5.41, 5.74) is 6.90. The SMILES string of the molecule is CC(C)C(Cc1ccc(F)cc1)NC(=O)c1csc(CN)n1. The lowest BCUT2D eigenvalue weighted by Gasteiger charge is -2.22. The first-order chi connectivity index (χ1) is 10.5. The Kier molecular flexibility index (Phi) is 5.63. The zero-order chi connectivity index (χ0) is 16.1. The highest BCUT2D eigenvalue weighted by Crippen LogP contribution is 2.14. The Morgan fingerprint density at radius 1 is 1.36 bits per heavy atom. The second-order valence-corrected chi connectivity index (χ2v) is 6.43. The molecule has 0 fully saturated rings. The quantitative estimate of drug-likeness (QED) is 0.859. The van der Waals surface area contributed by atoms with Crippen molar-refractivity contribution in [2.24, 2.45) is 11.7 Å². The highest BCUT2D eigenvalue weighted by molar-refractivity contribution is 7.09. The van der Waals surface area contributed by atoms with E-state index in [0.29, 0.717) is 18.7 Å². The zero-order valence-corrected chi connectivity index (χ0v) is 13.5. The second-order valence-electron chi connectivity index (χ2n) is 5.49. The molecule has 1 aromatic heterocycles. The smallest absolute Gasteiger partial charge is 0.270 e. The second kappa shape index (κ2) is 7.47. The number of carbonyl (C=O) groups excluding carboxylic acids is 1. The number of thiazole rings is 1. The molecule has 1 aromatic carbocycles. The first-order valence-corrected chi connectivity index (χ1v) is 8.07. The minimum atomic E-state index is -0.259. The molecule has 4 nitrogen and oxygen atoms in total. The van der Waals surface area contributed by atoms with E-state index in [1.165, 1.54) is 23.5 Å². The molecule has 1 unspecified atom stereocenters. The van der Waals surface area contributed by atoms with Crippen molar-refractivity contribution in [2.45, 2.75) is 32.9 Å². The molecule has 1 amide bonds. The number of nitrogens with zero attached hydrogens (tertiary/aromatic N) is 1. The van der Waals surface area contributed by atoms with Crippen molar-refractivity contribution in [3.05, 3.63) is 51.7 Å². The van der Waals surface area contributed by atoms with E-state index < -0.39 is 0 Å². The van der Waals surface area contributed by atoms with Crippen LogP contribution in [0.4, 0.5) is 4.39 Å². The van der Waals surface area contributed by atoms with Gasteiger partial charge in [-0.2, -0.15) is 0 Å². The molecule has 0 aliphatic carbocycles. The molecule has 0 bridgehead atoms. The summed E-state index contributed by atoms with van der Waals surface area (Å²) in [4.78, 5) is 16.5. The number of amides is 1. The largest absolute Gasteiger partial charge is 0.347 e. The lowest BCUT2D eigenvalue weighted by molar-refractivity contribution is 0.0921. The first kappa shape index (κ1) is 16.6. The van der Waals surface area contributed by atoms with Crippen molar-refractivity contribution in [3.8, 4) is 0 Å².